The van der Waals surface area contributed by atoms with Crippen molar-refractivity contribution in [2.75, 3.05) is 0 Å². The zero-order valence-electron chi connectivity index (χ0n) is 11.2. The molecule has 0 saturated heterocycles. The minimum absolute atomic E-state index is 0.0899. The molecular weight excluding hydrogens is 335 g/mol. The number of nitrogens with zero attached hydrogens (tertiary/aromatic N) is 1. The van der Waals surface area contributed by atoms with Crippen molar-refractivity contribution in [1.82, 2.24) is 4.98 Å². The van der Waals surface area contributed by atoms with Gasteiger partial charge in [-0.25, -0.2) is 13.8 Å². The summed E-state index contributed by atoms with van der Waals surface area (Å²) in [5.74, 6) is -5.21. The van der Waals surface area contributed by atoms with E-state index in [0.717, 1.165) is 0 Å². The van der Waals surface area contributed by atoms with E-state index in [0.29, 0.717) is 0 Å². The Morgan fingerprint density at radius 3 is 2.30 bits per heavy atom. The molecule has 3 nitrogen and oxygen atoms in total. The first kappa shape index (κ1) is 16.3. The molecule has 0 unspecified atom stereocenters. The molecular formula is C13H10F7NO2. The van der Waals surface area contributed by atoms with Crippen LogP contribution in [0.15, 0.2) is 6.20 Å². The molecule has 2 aliphatic carbocycles. The van der Waals surface area contributed by atoms with Crippen LogP contribution in [0.4, 0.5) is 30.7 Å². The first-order chi connectivity index (χ1) is 10.5. The zero-order valence-corrected chi connectivity index (χ0v) is 11.2. The summed E-state index contributed by atoms with van der Waals surface area (Å²) in [5.41, 5.74) is -4.06. The summed E-state index contributed by atoms with van der Waals surface area (Å²) in [4.78, 5) is 3.26. The fraction of sp³-hybridized carbons (Fsp3) is 0.615. The van der Waals surface area contributed by atoms with Gasteiger partial charge < -0.3 is 9.84 Å². The van der Waals surface area contributed by atoms with Gasteiger partial charge in [-0.3, -0.25) is 0 Å². The Morgan fingerprint density at radius 2 is 1.78 bits per heavy atom. The molecule has 0 spiro atoms. The van der Waals surface area contributed by atoms with E-state index in [-0.39, 0.29) is 19.0 Å². The van der Waals surface area contributed by atoms with Crippen LogP contribution in [-0.4, -0.2) is 28.3 Å². The predicted molar refractivity (Wildman–Crippen MR) is 61.5 cm³/mol. The number of hydrogen-bond donors (Lipinski definition) is 1. The average Bonchev–Trinajstić information content (AvgIpc) is 2.58. The van der Waals surface area contributed by atoms with Crippen LogP contribution in [0.1, 0.15) is 41.8 Å². The number of halogens is 7. The molecule has 1 aromatic rings. The summed E-state index contributed by atoms with van der Waals surface area (Å²) in [5, 5.41) is 9.46. The summed E-state index contributed by atoms with van der Waals surface area (Å²) in [7, 11) is 0. The van der Waals surface area contributed by atoms with E-state index in [4.69, 9.17) is 4.74 Å². The molecule has 0 bridgehead atoms. The number of aromatic nitrogens is 1. The number of aliphatic hydroxyl groups excluding tert-OH is 1. The quantitative estimate of drug-likeness (QED) is 0.832. The maximum atomic E-state index is 14.0. The topological polar surface area (TPSA) is 42.4 Å². The molecule has 23 heavy (non-hydrogen) atoms. The fourth-order valence-electron chi connectivity index (χ4n) is 2.66. The van der Waals surface area contributed by atoms with Crippen LogP contribution < -0.4 is 4.74 Å². The Balaban J connectivity index is 2.08. The van der Waals surface area contributed by atoms with Gasteiger partial charge in [0.05, 0.1) is 11.1 Å². The van der Waals surface area contributed by atoms with Crippen LogP contribution in [0.5, 0.6) is 5.88 Å². The van der Waals surface area contributed by atoms with Gasteiger partial charge in [-0.2, -0.15) is 22.0 Å². The van der Waals surface area contributed by atoms with Gasteiger partial charge in [0.2, 0.25) is 5.88 Å². The predicted octanol–water partition coefficient (Wildman–Crippen LogP) is 3.67. The van der Waals surface area contributed by atoms with Crippen LogP contribution in [0.2, 0.25) is 0 Å². The second-order valence-corrected chi connectivity index (χ2v) is 5.55. The van der Waals surface area contributed by atoms with E-state index >= 15 is 0 Å². The van der Waals surface area contributed by atoms with Crippen LogP contribution in [0.25, 0.3) is 0 Å². The van der Waals surface area contributed by atoms with Crippen molar-refractivity contribution in [3.63, 3.8) is 0 Å². The highest BCUT2D eigenvalue weighted by molar-refractivity contribution is 5.50. The van der Waals surface area contributed by atoms with Gasteiger partial charge in [0.25, 0.3) is 0 Å². The SMILES string of the molecule is O[C@H]1c2c(C(F)(F)F)cnc(O[C@H]3C[C@H](F)C3)c2[C@@H](F)C1(F)F. The van der Waals surface area contributed by atoms with Crippen LogP contribution in [-0.2, 0) is 6.18 Å². The van der Waals surface area contributed by atoms with Gasteiger partial charge in [0, 0.05) is 24.6 Å². The number of fused-ring (bicyclic) bond motifs is 1. The standard InChI is InChI=1S/C13H10F7NO2/c14-4-1-5(2-4)23-11-8-7(6(3-21-11)13(18,19)20)10(22)12(16,17)9(8)15/h3-5,9-10,22H,1-2H2/t4-,5-,9-,10+/m1/s1. The smallest absolute Gasteiger partial charge is 0.418 e. The van der Waals surface area contributed by atoms with Crippen LogP contribution in [0, 0.1) is 0 Å². The van der Waals surface area contributed by atoms with E-state index in [2.05, 4.69) is 4.98 Å². The third-order valence-corrected chi connectivity index (χ3v) is 3.97. The van der Waals surface area contributed by atoms with Crippen molar-refractivity contribution < 1.29 is 40.6 Å². The third-order valence-electron chi connectivity index (χ3n) is 3.97. The van der Waals surface area contributed by atoms with E-state index < -0.39 is 59.2 Å². The monoisotopic (exact) mass is 345 g/mol. The third kappa shape index (κ3) is 2.43. The van der Waals surface area contributed by atoms with Crippen molar-refractivity contribution in [1.29, 1.82) is 0 Å². The van der Waals surface area contributed by atoms with Crippen molar-refractivity contribution in [3.8, 4) is 5.88 Å². The Kier molecular flexibility index (Phi) is 3.51. The van der Waals surface area contributed by atoms with Gasteiger partial charge in [-0.05, 0) is 0 Å². The van der Waals surface area contributed by atoms with Gasteiger partial charge in [0.15, 0.2) is 6.17 Å². The number of rotatable bonds is 2. The molecule has 0 aliphatic heterocycles. The van der Waals surface area contributed by atoms with E-state index in [1.165, 1.54) is 0 Å². The van der Waals surface area contributed by atoms with Crippen molar-refractivity contribution in [3.05, 3.63) is 22.9 Å². The minimum Gasteiger partial charge on any atom is -0.474 e. The molecule has 10 heteroatoms. The molecule has 128 valence electrons. The average molecular weight is 345 g/mol. The molecule has 0 radical (unpaired) electrons. The molecule has 2 aliphatic rings. The molecule has 3 rings (SSSR count). The lowest BCUT2D eigenvalue weighted by atomic mass is 9.93. The maximum Gasteiger partial charge on any atom is 0.418 e. The highest BCUT2D eigenvalue weighted by Gasteiger charge is 2.60. The Hall–Kier alpha value is -1.58. The van der Waals surface area contributed by atoms with Gasteiger partial charge in [-0.1, -0.05) is 0 Å². The highest BCUT2D eigenvalue weighted by atomic mass is 19.4. The summed E-state index contributed by atoms with van der Waals surface area (Å²) in [6, 6.07) is 0. The van der Waals surface area contributed by atoms with Crippen LogP contribution in [0.3, 0.4) is 0 Å². The van der Waals surface area contributed by atoms with Gasteiger partial charge in [-0.15, -0.1) is 0 Å². The Labute approximate surface area is 125 Å². The zero-order chi connectivity index (χ0) is 17.2. The largest absolute Gasteiger partial charge is 0.474 e. The normalized spacial score (nSPS) is 32.3. The van der Waals surface area contributed by atoms with Crippen LogP contribution >= 0.6 is 0 Å². The summed E-state index contributed by atoms with van der Waals surface area (Å²) in [6.07, 6.45) is -13.2. The van der Waals surface area contributed by atoms with Crippen molar-refractivity contribution >= 4 is 0 Å². The fourth-order valence-corrected chi connectivity index (χ4v) is 2.66. The maximum absolute atomic E-state index is 14.0. The lowest BCUT2D eigenvalue weighted by molar-refractivity contribution is -0.152. The van der Waals surface area contributed by atoms with E-state index in [1.54, 1.807) is 0 Å². The van der Waals surface area contributed by atoms with Crippen molar-refractivity contribution in [2.24, 2.45) is 0 Å². The molecule has 1 saturated carbocycles. The molecule has 1 aromatic heterocycles. The van der Waals surface area contributed by atoms with Gasteiger partial charge in [0.1, 0.15) is 18.4 Å². The summed E-state index contributed by atoms with van der Waals surface area (Å²) in [6.45, 7) is 0. The molecule has 2 atom stereocenters. The first-order valence-electron chi connectivity index (χ1n) is 6.64. The van der Waals surface area contributed by atoms with Crippen molar-refractivity contribution in [2.45, 2.75) is 49.5 Å². The van der Waals surface area contributed by atoms with Gasteiger partial charge >= 0.3 is 12.1 Å². The lowest BCUT2D eigenvalue weighted by Gasteiger charge is -2.30. The second-order valence-electron chi connectivity index (χ2n) is 5.55. The number of alkyl halides is 7. The summed E-state index contributed by atoms with van der Waals surface area (Å²) < 4.78 is 97.7. The molecule has 0 amide bonds. The first-order valence-corrected chi connectivity index (χ1v) is 6.64. The Morgan fingerprint density at radius 1 is 1.17 bits per heavy atom. The number of pyridine rings is 1. The molecule has 1 fully saturated rings. The number of aliphatic hydroxyl groups is 1. The number of hydrogen-bond acceptors (Lipinski definition) is 3. The second kappa shape index (κ2) is 4.96. The lowest BCUT2D eigenvalue weighted by Crippen LogP contribution is -2.35. The Bertz CT molecular complexity index is 627. The highest BCUT2D eigenvalue weighted by Crippen LogP contribution is 2.57. The van der Waals surface area contributed by atoms with E-state index in [9.17, 15) is 35.8 Å². The molecule has 1 heterocycles. The summed E-state index contributed by atoms with van der Waals surface area (Å²) >= 11 is 0. The minimum atomic E-state index is -5.10. The van der Waals surface area contributed by atoms with E-state index in [1.807, 2.05) is 0 Å². The number of ether oxygens (including phenoxy) is 1. The molecule has 0 aromatic carbocycles. The molecule has 1 N–H and O–H groups in total.